The molecule has 1 aliphatic rings. The SMILES string of the molecule is O=C(NCCCc1ccc(Cl)c(Cl)c1)C1CCCN1C(=O)Cc1ccccc1. The summed E-state index contributed by atoms with van der Waals surface area (Å²) in [4.78, 5) is 26.9. The number of hydrogen-bond acceptors (Lipinski definition) is 2. The molecule has 1 heterocycles. The van der Waals surface area contributed by atoms with Crippen LogP contribution in [0.5, 0.6) is 0 Å². The molecule has 2 aromatic carbocycles. The summed E-state index contributed by atoms with van der Waals surface area (Å²) in [6, 6.07) is 14.9. The normalized spacial score (nSPS) is 16.2. The molecule has 0 aromatic heterocycles. The van der Waals surface area contributed by atoms with Gasteiger partial charge in [0.25, 0.3) is 0 Å². The molecule has 1 atom stereocenters. The van der Waals surface area contributed by atoms with Crippen LogP contribution < -0.4 is 5.32 Å². The van der Waals surface area contributed by atoms with Gasteiger partial charge in [-0.05, 0) is 48.9 Å². The number of hydrogen-bond donors (Lipinski definition) is 1. The molecule has 1 N–H and O–H groups in total. The van der Waals surface area contributed by atoms with Crippen molar-refractivity contribution in [2.45, 2.75) is 38.1 Å². The lowest BCUT2D eigenvalue weighted by atomic mass is 10.1. The van der Waals surface area contributed by atoms with Crippen LogP contribution in [-0.4, -0.2) is 35.8 Å². The van der Waals surface area contributed by atoms with Crippen molar-refractivity contribution in [2.24, 2.45) is 0 Å². The Morgan fingerprint density at radius 1 is 1.04 bits per heavy atom. The Kier molecular flexibility index (Phi) is 7.35. The summed E-state index contributed by atoms with van der Waals surface area (Å²) in [7, 11) is 0. The second-order valence-corrected chi connectivity index (χ2v) is 7.86. The number of likely N-dealkylation sites (tertiary alicyclic amines) is 1. The third-order valence-corrected chi connectivity index (χ3v) is 5.74. The summed E-state index contributed by atoms with van der Waals surface area (Å²) >= 11 is 12.0. The maximum absolute atomic E-state index is 12.6. The Balaban J connectivity index is 1.46. The first kappa shape index (κ1) is 20.7. The summed E-state index contributed by atoms with van der Waals surface area (Å²) in [5, 5.41) is 4.06. The summed E-state index contributed by atoms with van der Waals surface area (Å²) in [6.45, 7) is 1.21. The third-order valence-electron chi connectivity index (χ3n) is 5.00. The largest absolute Gasteiger partial charge is 0.354 e. The summed E-state index contributed by atoms with van der Waals surface area (Å²) < 4.78 is 0. The highest BCUT2D eigenvalue weighted by atomic mass is 35.5. The van der Waals surface area contributed by atoms with E-state index in [-0.39, 0.29) is 17.9 Å². The van der Waals surface area contributed by atoms with E-state index in [4.69, 9.17) is 23.2 Å². The minimum atomic E-state index is -0.360. The highest BCUT2D eigenvalue weighted by molar-refractivity contribution is 6.42. The van der Waals surface area contributed by atoms with E-state index in [9.17, 15) is 9.59 Å². The van der Waals surface area contributed by atoms with Crippen molar-refractivity contribution in [1.29, 1.82) is 0 Å². The van der Waals surface area contributed by atoms with Crippen LogP contribution in [0.2, 0.25) is 10.0 Å². The topological polar surface area (TPSA) is 49.4 Å². The number of nitrogens with one attached hydrogen (secondary N) is 1. The van der Waals surface area contributed by atoms with Gasteiger partial charge >= 0.3 is 0 Å². The average molecular weight is 419 g/mol. The fraction of sp³-hybridized carbons (Fsp3) is 0.364. The van der Waals surface area contributed by atoms with Gasteiger partial charge in [0, 0.05) is 13.1 Å². The van der Waals surface area contributed by atoms with Gasteiger partial charge in [0.15, 0.2) is 0 Å². The van der Waals surface area contributed by atoms with Gasteiger partial charge in [-0.15, -0.1) is 0 Å². The van der Waals surface area contributed by atoms with Gasteiger partial charge in [-0.1, -0.05) is 59.6 Å². The molecule has 0 radical (unpaired) electrons. The fourth-order valence-corrected chi connectivity index (χ4v) is 3.85. The molecular weight excluding hydrogens is 395 g/mol. The number of aryl methyl sites for hydroxylation is 1. The standard InChI is InChI=1S/C22H24Cl2N2O2/c23-18-11-10-17(14-19(18)24)8-4-12-25-22(28)20-9-5-13-26(20)21(27)15-16-6-2-1-3-7-16/h1-3,6-7,10-11,14,20H,4-5,8-9,12-13,15H2,(H,25,28). The first-order chi connectivity index (χ1) is 13.5. The predicted octanol–water partition coefficient (Wildman–Crippen LogP) is 4.28. The molecule has 2 aromatic rings. The highest BCUT2D eigenvalue weighted by Crippen LogP contribution is 2.23. The van der Waals surface area contributed by atoms with Crippen molar-refractivity contribution >= 4 is 35.0 Å². The van der Waals surface area contributed by atoms with E-state index in [2.05, 4.69) is 5.32 Å². The number of carbonyl (C=O) groups excluding carboxylic acids is 2. The highest BCUT2D eigenvalue weighted by Gasteiger charge is 2.33. The second kappa shape index (κ2) is 9.94. The Hall–Kier alpha value is -2.04. The second-order valence-electron chi connectivity index (χ2n) is 7.05. The van der Waals surface area contributed by atoms with Crippen molar-refractivity contribution in [1.82, 2.24) is 10.2 Å². The van der Waals surface area contributed by atoms with Crippen LogP contribution in [0.15, 0.2) is 48.5 Å². The molecule has 3 rings (SSSR count). The maximum atomic E-state index is 12.6. The van der Waals surface area contributed by atoms with Crippen molar-refractivity contribution in [3.8, 4) is 0 Å². The van der Waals surface area contributed by atoms with Gasteiger partial charge in [0.1, 0.15) is 6.04 Å². The molecule has 1 aliphatic heterocycles. The molecule has 0 saturated carbocycles. The van der Waals surface area contributed by atoms with Crippen LogP contribution in [0.4, 0.5) is 0 Å². The summed E-state index contributed by atoms with van der Waals surface area (Å²) in [5.74, 6) is -0.0484. The maximum Gasteiger partial charge on any atom is 0.242 e. The van der Waals surface area contributed by atoms with Crippen LogP contribution in [-0.2, 0) is 22.4 Å². The molecule has 6 heteroatoms. The first-order valence-electron chi connectivity index (χ1n) is 9.59. The smallest absolute Gasteiger partial charge is 0.242 e. The van der Waals surface area contributed by atoms with Crippen LogP contribution in [0.25, 0.3) is 0 Å². The molecule has 1 saturated heterocycles. The number of rotatable bonds is 7. The molecular formula is C22H24Cl2N2O2. The zero-order valence-electron chi connectivity index (χ0n) is 15.7. The van der Waals surface area contributed by atoms with Gasteiger partial charge in [0.2, 0.25) is 11.8 Å². The van der Waals surface area contributed by atoms with Gasteiger partial charge in [-0.25, -0.2) is 0 Å². The third kappa shape index (κ3) is 5.49. The lowest BCUT2D eigenvalue weighted by Gasteiger charge is -2.24. The molecule has 1 unspecified atom stereocenters. The molecule has 0 aliphatic carbocycles. The van der Waals surface area contributed by atoms with Crippen molar-refractivity contribution in [3.05, 3.63) is 69.7 Å². The van der Waals surface area contributed by atoms with E-state index in [0.717, 1.165) is 36.8 Å². The molecule has 4 nitrogen and oxygen atoms in total. The van der Waals surface area contributed by atoms with Crippen LogP contribution in [0.3, 0.4) is 0 Å². The van der Waals surface area contributed by atoms with E-state index < -0.39 is 0 Å². The molecule has 148 valence electrons. The fourth-order valence-electron chi connectivity index (χ4n) is 3.53. The monoisotopic (exact) mass is 418 g/mol. The average Bonchev–Trinajstić information content (AvgIpc) is 3.19. The Bertz CT molecular complexity index is 827. The minimum absolute atomic E-state index is 0.0136. The number of amides is 2. The quantitative estimate of drug-likeness (QED) is 0.682. The minimum Gasteiger partial charge on any atom is -0.354 e. The van der Waals surface area contributed by atoms with E-state index in [1.165, 1.54) is 0 Å². The molecule has 2 amide bonds. The zero-order valence-corrected chi connectivity index (χ0v) is 17.2. The van der Waals surface area contributed by atoms with Gasteiger partial charge in [0.05, 0.1) is 16.5 Å². The van der Waals surface area contributed by atoms with E-state index in [1.807, 2.05) is 42.5 Å². The van der Waals surface area contributed by atoms with Gasteiger partial charge in [-0.3, -0.25) is 9.59 Å². The Labute approximate surface area is 175 Å². The van der Waals surface area contributed by atoms with E-state index in [1.54, 1.807) is 11.0 Å². The molecule has 0 spiro atoms. The number of nitrogens with zero attached hydrogens (tertiary/aromatic N) is 1. The predicted molar refractivity (Wildman–Crippen MR) is 113 cm³/mol. The Morgan fingerprint density at radius 2 is 1.82 bits per heavy atom. The van der Waals surface area contributed by atoms with Gasteiger partial charge < -0.3 is 10.2 Å². The van der Waals surface area contributed by atoms with Crippen LogP contribution >= 0.6 is 23.2 Å². The summed E-state index contributed by atoms with van der Waals surface area (Å²) in [5.41, 5.74) is 2.06. The van der Waals surface area contributed by atoms with Crippen molar-refractivity contribution in [3.63, 3.8) is 0 Å². The number of halogens is 2. The Morgan fingerprint density at radius 3 is 2.57 bits per heavy atom. The summed E-state index contributed by atoms with van der Waals surface area (Å²) in [6.07, 6.45) is 3.52. The molecule has 28 heavy (non-hydrogen) atoms. The molecule has 0 bridgehead atoms. The van der Waals surface area contributed by atoms with Crippen molar-refractivity contribution in [2.75, 3.05) is 13.1 Å². The number of carbonyl (C=O) groups is 2. The van der Waals surface area contributed by atoms with E-state index >= 15 is 0 Å². The van der Waals surface area contributed by atoms with E-state index in [0.29, 0.717) is 29.6 Å². The van der Waals surface area contributed by atoms with Crippen LogP contribution in [0.1, 0.15) is 30.4 Å². The first-order valence-corrected chi connectivity index (χ1v) is 10.4. The van der Waals surface area contributed by atoms with Crippen molar-refractivity contribution < 1.29 is 9.59 Å². The van der Waals surface area contributed by atoms with Gasteiger partial charge in [-0.2, -0.15) is 0 Å². The lowest BCUT2D eigenvalue weighted by molar-refractivity contribution is -0.137. The molecule has 1 fully saturated rings. The lowest BCUT2D eigenvalue weighted by Crippen LogP contribution is -2.46. The number of benzene rings is 2. The van der Waals surface area contributed by atoms with Crippen LogP contribution in [0, 0.1) is 0 Å². The zero-order chi connectivity index (χ0) is 19.9.